The largest absolute Gasteiger partial charge is 0.489 e. The Morgan fingerprint density at radius 1 is 0.930 bits per heavy atom. The van der Waals surface area contributed by atoms with Crippen molar-refractivity contribution in [1.82, 2.24) is 15.6 Å². The number of benzene rings is 2. The first-order valence-corrected chi connectivity index (χ1v) is 16.1. The molecule has 6 aliphatic rings. The van der Waals surface area contributed by atoms with Crippen molar-refractivity contribution in [3.63, 3.8) is 0 Å². The van der Waals surface area contributed by atoms with Gasteiger partial charge in [0.1, 0.15) is 11.9 Å². The number of aliphatic hydroxyl groups is 1. The second kappa shape index (κ2) is 10.8. The molecule has 1 aromatic heterocycles. The molecule has 2 amide bonds. The molecule has 2 atom stereocenters. The molecule has 9 rings (SSSR count). The molecule has 8 nitrogen and oxygen atoms in total. The predicted octanol–water partition coefficient (Wildman–Crippen LogP) is 5.49. The van der Waals surface area contributed by atoms with Gasteiger partial charge in [0.2, 0.25) is 0 Å². The van der Waals surface area contributed by atoms with Gasteiger partial charge in [0, 0.05) is 30.4 Å². The van der Waals surface area contributed by atoms with Crippen molar-refractivity contribution in [1.29, 1.82) is 0 Å². The number of pyridine rings is 1. The fraction of sp³-hybridized carbons (Fsp3) is 0.486. The first-order chi connectivity index (χ1) is 21.0. The van der Waals surface area contributed by atoms with Gasteiger partial charge in [0.15, 0.2) is 0 Å². The van der Waals surface area contributed by atoms with Crippen LogP contribution in [0.15, 0.2) is 66.9 Å². The van der Waals surface area contributed by atoms with Crippen molar-refractivity contribution >= 4 is 23.1 Å². The van der Waals surface area contributed by atoms with E-state index in [-0.39, 0.29) is 18.2 Å². The molecule has 4 saturated carbocycles. The van der Waals surface area contributed by atoms with Crippen molar-refractivity contribution < 1.29 is 14.6 Å². The van der Waals surface area contributed by atoms with Crippen LogP contribution in [-0.2, 0) is 0 Å². The third-order valence-corrected chi connectivity index (χ3v) is 10.6. The van der Waals surface area contributed by atoms with E-state index in [1.165, 1.54) is 0 Å². The van der Waals surface area contributed by atoms with Gasteiger partial charge in [-0.2, -0.15) is 0 Å². The minimum Gasteiger partial charge on any atom is -0.489 e. The number of aromatic nitrogens is 1. The molecular formula is C35H41N5O3. The molecule has 43 heavy (non-hydrogen) atoms. The summed E-state index contributed by atoms with van der Waals surface area (Å²) in [6, 6.07) is 20.9. The lowest BCUT2D eigenvalue weighted by Gasteiger charge is -2.58. The molecule has 2 unspecified atom stereocenters. The number of urea groups is 1. The predicted molar refractivity (Wildman–Crippen MR) is 168 cm³/mol. The smallest absolute Gasteiger partial charge is 0.322 e. The van der Waals surface area contributed by atoms with Gasteiger partial charge in [-0.1, -0.05) is 24.3 Å². The second-order valence-electron chi connectivity index (χ2n) is 13.5. The molecule has 4 aliphatic carbocycles. The standard InChI is InChI=1S/C35H41N5O3/c41-34(38-33-25-17-23-18-26(33)21-35(42,19-23)20-25)40-16-15-39(31-3-1-2-4-32(31)40)27-7-5-24(6-8-27)30-10-9-29(22-37-30)43-28-11-13-36-14-12-28/h1-10,22-23,25-26,28,33,36,42H,11-21H2,(H,38,41). The lowest BCUT2D eigenvalue weighted by molar-refractivity contribution is -0.136. The normalized spacial score (nSPS) is 29.8. The van der Waals surface area contributed by atoms with E-state index in [2.05, 4.69) is 50.8 Å². The van der Waals surface area contributed by atoms with E-state index in [0.717, 1.165) is 92.1 Å². The summed E-state index contributed by atoms with van der Waals surface area (Å²) in [7, 11) is 0. The Bertz CT molecular complexity index is 1460. The van der Waals surface area contributed by atoms with Gasteiger partial charge in [0.05, 0.1) is 28.9 Å². The maximum Gasteiger partial charge on any atom is 0.322 e. The zero-order valence-electron chi connectivity index (χ0n) is 24.6. The number of hydrogen-bond donors (Lipinski definition) is 3. The van der Waals surface area contributed by atoms with Crippen molar-refractivity contribution in [2.24, 2.45) is 17.8 Å². The molecule has 5 fully saturated rings. The van der Waals surface area contributed by atoms with Crippen LogP contribution in [-0.4, -0.2) is 60.0 Å². The van der Waals surface area contributed by atoms with Crippen LogP contribution in [0.2, 0.25) is 0 Å². The molecule has 3 N–H and O–H groups in total. The first kappa shape index (κ1) is 27.0. The lowest BCUT2D eigenvalue weighted by Crippen LogP contribution is -2.63. The Labute approximate surface area is 253 Å². The Kier molecular flexibility index (Phi) is 6.79. The van der Waals surface area contributed by atoms with E-state index < -0.39 is 5.60 Å². The number of rotatable bonds is 5. The minimum atomic E-state index is -0.494. The first-order valence-electron chi connectivity index (χ1n) is 16.1. The molecule has 2 aromatic carbocycles. The van der Waals surface area contributed by atoms with E-state index >= 15 is 0 Å². The topological polar surface area (TPSA) is 90.0 Å². The number of para-hydroxylation sites is 2. The van der Waals surface area contributed by atoms with Crippen molar-refractivity contribution in [3.8, 4) is 17.0 Å². The zero-order valence-corrected chi connectivity index (χ0v) is 24.6. The molecule has 224 valence electrons. The van der Waals surface area contributed by atoms with E-state index in [9.17, 15) is 9.90 Å². The van der Waals surface area contributed by atoms with E-state index in [0.29, 0.717) is 30.8 Å². The Hall–Kier alpha value is -3.62. The molecule has 3 aromatic rings. The van der Waals surface area contributed by atoms with Crippen LogP contribution < -0.4 is 25.2 Å². The van der Waals surface area contributed by atoms with Gasteiger partial charge in [-0.05, 0) is 112 Å². The molecule has 0 radical (unpaired) electrons. The maximum atomic E-state index is 13.7. The van der Waals surface area contributed by atoms with Gasteiger partial charge in [-0.15, -0.1) is 0 Å². The summed E-state index contributed by atoms with van der Waals surface area (Å²) in [4.78, 5) is 22.6. The SMILES string of the molecule is O=C(NC1C2CC3CC1CC(O)(C3)C2)N1CCN(c2ccc(-c3ccc(OC4CCNCC4)cn3)cc2)c2ccccc21. The van der Waals surface area contributed by atoms with Gasteiger partial charge in [-0.25, -0.2) is 4.79 Å². The quantitative estimate of drug-likeness (QED) is 0.371. The number of nitrogens with zero attached hydrogens (tertiary/aromatic N) is 3. The number of carbonyl (C=O) groups excluding carboxylic acids is 1. The summed E-state index contributed by atoms with van der Waals surface area (Å²) >= 11 is 0. The van der Waals surface area contributed by atoms with Gasteiger partial charge >= 0.3 is 6.03 Å². The number of nitrogens with one attached hydrogen (secondary N) is 2. The summed E-state index contributed by atoms with van der Waals surface area (Å²) in [5.74, 6) is 2.23. The summed E-state index contributed by atoms with van der Waals surface area (Å²) < 4.78 is 6.12. The van der Waals surface area contributed by atoms with Crippen molar-refractivity contribution in [2.75, 3.05) is 36.0 Å². The fourth-order valence-corrected chi connectivity index (χ4v) is 8.82. The fourth-order valence-electron chi connectivity index (χ4n) is 8.82. The number of fused-ring (bicyclic) bond motifs is 1. The molecule has 2 aliphatic heterocycles. The van der Waals surface area contributed by atoms with Crippen LogP contribution in [0.5, 0.6) is 5.75 Å². The molecule has 1 saturated heterocycles. The third-order valence-electron chi connectivity index (χ3n) is 10.6. The van der Waals surface area contributed by atoms with Gasteiger partial charge in [-0.3, -0.25) is 9.88 Å². The second-order valence-corrected chi connectivity index (χ2v) is 13.5. The molecular weight excluding hydrogens is 538 g/mol. The summed E-state index contributed by atoms with van der Waals surface area (Å²) in [6.07, 6.45) is 9.02. The van der Waals surface area contributed by atoms with E-state index in [4.69, 9.17) is 4.74 Å². The number of piperidine rings is 1. The average molecular weight is 580 g/mol. The van der Waals surface area contributed by atoms with E-state index in [1.54, 1.807) is 0 Å². The highest BCUT2D eigenvalue weighted by Gasteiger charge is 2.55. The van der Waals surface area contributed by atoms with Gasteiger partial charge in [0.25, 0.3) is 0 Å². The number of anilines is 3. The highest BCUT2D eigenvalue weighted by molar-refractivity contribution is 5.98. The van der Waals surface area contributed by atoms with E-state index in [1.807, 2.05) is 41.4 Å². The molecule has 3 heterocycles. The van der Waals surface area contributed by atoms with Crippen molar-refractivity contribution in [2.45, 2.75) is 62.7 Å². The average Bonchev–Trinajstić information content (AvgIpc) is 3.02. The highest BCUT2D eigenvalue weighted by atomic mass is 16.5. The van der Waals surface area contributed by atoms with Crippen molar-refractivity contribution in [3.05, 3.63) is 66.9 Å². The van der Waals surface area contributed by atoms with Crippen LogP contribution in [0.3, 0.4) is 0 Å². The summed E-state index contributed by atoms with van der Waals surface area (Å²) in [6.45, 7) is 3.33. The Balaban J connectivity index is 0.956. The van der Waals surface area contributed by atoms with Crippen LogP contribution in [0, 0.1) is 17.8 Å². The Morgan fingerprint density at radius 3 is 2.37 bits per heavy atom. The number of carbonyl (C=O) groups is 1. The van der Waals surface area contributed by atoms with Crippen LogP contribution in [0.25, 0.3) is 11.3 Å². The molecule has 8 heteroatoms. The van der Waals surface area contributed by atoms with Crippen LogP contribution >= 0.6 is 0 Å². The number of ether oxygens (including phenoxy) is 1. The number of amides is 2. The lowest BCUT2D eigenvalue weighted by atomic mass is 9.52. The third kappa shape index (κ3) is 5.14. The molecule has 0 spiro atoms. The van der Waals surface area contributed by atoms with Crippen LogP contribution in [0.1, 0.15) is 44.9 Å². The summed E-state index contributed by atoms with van der Waals surface area (Å²) in [5, 5.41) is 17.8. The highest BCUT2D eigenvalue weighted by Crippen LogP contribution is 2.55. The van der Waals surface area contributed by atoms with Gasteiger partial charge < -0.3 is 25.4 Å². The number of hydrogen-bond acceptors (Lipinski definition) is 6. The Morgan fingerprint density at radius 2 is 1.67 bits per heavy atom. The molecule has 4 bridgehead atoms. The zero-order chi connectivity index (χ0) is 29.0. The van der Waals surface area contributed by atoms with Crippen LogP contribution in [0.4, 0.5) is 21.9 Å². The monoisotopic (exact) mass is 579 g/mol. The maximum absolute atomic E-state index is 13.7. The summed E-state index contributed by atoms with van der Waals surface area (Å²) in [5.41, 5.74) is 4.55. The minimum absolute atomic E-state index is 0.00874.